The number of hydrogen-bond donors (Lipinski definition) is 3. The molecule has 44 heavy (non-hydrogen) atoms. The molecule has 12 heteroatoms. The molecular formula is C32H48N4O7S. The average molecular weight is 633 g/mol. The van der Waals surface area contributed by atoms with Crippen LogP contribution in [0.5, 0.6) is 5.75 Å². The molecule has 2 aromatic rings. The van der Waals surface area contributed by atoms with Gasteiger partial charge in [0.1, 0.15) is 5.75 Å². The quantitative estimate of drug-likeness (QED) is 0.394. The number of carbonyl (C=O) groups is 2. The molecule has 0 aliphatic carbocycles. The van der Waals surface area contributed by atoms with Crippen molar-refractivity contribution in [2.75, 3.05) is 38.1 Å². The maximum atomic E-state index is 14.2. The van der Waals surface area contributed by atoms with Crippen molar-refractivity contribution in [1.29, 1.82) is 0 Å². The second-order valence-electron chi connectivity index (χ2n) is 11.9. The van der Waals surface area contributed by atoms with Crippen LogP contribution >= 0.6 is 0 Å². The number of fused-ring (bicyclic) bond motifs is 1. The number of hydrogen-bond acceptors (Lipinski definition) is 7. The highest BCUT2D eigenvalue weighted by Gasteiger charge is 2.31. The highest BCUT2D eigenvalue weighted by Crippen LogP contribution is 2.29. The van der Waals surface area contributed by atoms with Crippen LogP contribution in [0, 0.1) is 5.92 Å². The molecule has 4 atom stereocenters. The smallest absolute Gasteiger partial charge is 0.317 e. The van der Waals surface area contributed by atoms with Gasteiger partial charge in [-0.2, -0.15) is 0 Å². The fraction of sp³-hybridized carbons (Fsp3) is 0.562. The average Bonchev–Trinajstić information content (AvgIpc) is 2.98. The molecule has 0 radical (unpaired) electrons. The van der Waals surface area contributed by atoms with Gasteiger partial charge < -0.3 is 29.7 Å². The normalized spacial score (nSPS) is 21.0. The van der Waals surface area contributed by atoms with Crippen molar-refractivity contribution >= 4 is 27.6 Å². The van der Waals surface area contributed by atoms with Gasteiger partial charge in [0.25, 0.3) is 15.9 Å². The minimum atomic E-state index is -3.90. The van der Waals surface area contributed by atoms with Gasteiger partial charge in [-0.1, -0.05) is 25.1 Å². The summed E-state index contributed by atoms with van der Waals surface area (Å²) in [6.07, 6.45) is 1.74. The van der Waals surface area contributed by atoms with Crippen molar-refractivity contribution in [3.63, 3.8) is 0 Å². The van der Waals surface area contributed by atoms with Crippen LogP contribution in [0.4, 0.5) is 10.5 Å². The first kappa shape index (κ1) is 35.1. The van der Waals surface area contributed by atoms with Crippen LogP contribution in [0.3, 0.4) is 0 Å². The lowest BCUT2D eigenvalue weighted by Crippen LogP contribution is -2.49. The second kappa shape index (κ2) is 16.1. The first-order chi connectivity index (χ1) is 20.8. The molecule has 0 saturated heterocycles. The minimum Gasteiger partial charge on any atom is -0.490 e. The summed E-state index contributed by atoms with van der Waals surface area (Å²) in [5.41, 5.74) is 0.391. The van der Waals surface area contributed by atoms with E-state index in [2.05, 4.69) is 10.0 Å². The molecule has 0 fully saturated rings. The first-order valence-corrected chi connectivity index (χ1v) is 16.7. The number of nitrogens with zero attached hydrogens (tertiary/aromatic N) is 2. The Labute approximate surface area is 262 Å². The van der Waals surface area contributed by atoms with Crippen LogP contribution in [0.15, 0.2) is 53.4 Å². The minimum absolute atomic E-state index is 0.0165. The standard InChI is InChI=1S/C32H48N4O7S/c1-22(2)33-32(39)35(6)20-30-23(3)19-36(24(4)21-37)31(38)28-18-26(34-44(40,41)27-13-8-7-9-14-27)15-16-29(28)43-25(5)12-10-11-17-42-30/h7-9,13-16,18,22-25,30,34,37H,10-12,17,19-21H2,1-6H3,(H,33,39)/t23-,24-,25-,30-/m1/s1. The number of nitrogens with one attached hydrogen (secondary N) is 2. The number of anilines is 1. The fourth-order valence-corrected chi connectivity index (χ4v) is 6.04. The van der Waals surface area contributed by atoms with E-state index >= 15 is 0 Å². The van der Waals surface area contributed by atoms with E-state index < -0.39 is 22.0 Å². The Bertz CT molecular complexity index is 1340. The molecule has 244 valence electrons. The number of sulfonamides is 1. The van der Waals surface area contributed by atoms with Gasteiger partial charge in [-0.15, -0.1) is 0 Å². The van der Waals surface area contributed by atoms with E-state index in [9.17, 15) is 23.1 Å². The van der Waals surface area contributed by atoms with Gasteiger partial charge in [0.05, 0.1) is 35.3 Å². The van der Waals surface area contributed by atoms with Crippen molar-refractivity contribution in [2.24, 2.45) is 5.92 Å². The van der Waals surface area contributed by atoms with E-state index in [0.717, 1.165) is 12.8 Å². The monoisotopic (exact) mass is 632 g/mol. The van der Waals surface area contributed by atoms with Crippen LogP contribution in [0.2, 0.25) is 0 Å². The maximum Gasteiger partial charge on any atom is 0.317 e. The Morgan fingerprint density at radius 1 is 1.11 bits per heavy atom. The molecule has 0 bridgehead atoms. The molecule has 0 spiro atoms. The van der Waals surface area contributed by atoms with E-state index in [0.29, 0.717) is 25.3 Å². The van der Waals surface area contributed by atoms with Crippen LogP contribution in [0.25, 0.3) is 0 Å². The largest absolute Gasteiger partial charge is 0.490 e. The van der Waals surface area contributed by atoms with Gasteiger partial charge in [0.2, 0.25) is 0 Å². The van der Waals surface area contributed by atoms with E-state index in [4.69, 9.17) is 9.47 Å². The van der Waals surface area contributed by atoms with Crippen molar-refractivity contribution in [3.8, 4) is 5.75 Å². The molecule has 3 N–H and O–H groups in total. The summed E-state index contributed by atoms with van der Waals surface area (Å²) in [7, 11) is -2.19. The Kier molecular flexibility index (Phi) is 12.9. The predicted octanol–water partition coefficient (Wildman–Crippen LogP) is 4.33. The number of carbonyl (C=O) groups excluding carboxylic acids is 2. The lowest BCUT2D eigenvalue weighted by atomic mass is 10.0. The predicted molar refractivity (Wildman–Crippen MR) is 170 cm³/mol. The fourth-order valence-electron chi connectivity index (χ4n) is 4.97. The molecule has 0 aromatic heterocycles. The Balaban J connectivity index is 1.98. The van der Waals surface area contributed by atoms with Crippen molar-refractivity contribution < 1.29 is 32.6 Å². The summed E-state index contributed by atoms with van der Waals surface area (Å²) in [5.74, 6) is -0.292. The number of aliphatic hydroxyl groups excluding tert-OH is 1. The van der Waals surface area contributed by atoms with E-state index in [1.165, 1.54) is 18.2 Å². The molecule has 1 heterocycles. The third-order valence-electron chi connectivity index (χ3n) is 7.57. The van der Waals surface area contributed by atoms with Gasteiger partial charge in [0, 0.05) is 44.4 Å². The van der Waals surface area contributed by atoms with Crippen molar-refractivity contribution in [2.45, 2.75) is 83.1 Å². The lowest BCUT2D eigenvalue weighted by Gasteiger charge is -2.36. The van der Waals surface area contributed by atoms with Crippen molar-refractivity contribution in [3.05, 3.63) is 54.1 Å². The Morgan fingerprint density at radius 2 is 1.82 bits per heavy atom. The van der Waals surface area contributed by atoms with Crippen LogP contribution in [-0.4, -0.2) is 92.9 Å². The second-order valence-corrected chi connectivity index (χ2v) is 13.6. The third kappa shape index (κ3) is 9.83. The SMILES string of the molecule is CC(C)NC(=O)N(C)C[C@H]1OCCCC[C@@H](C)Oc2ccc(NS(=O)(=O)c3ccccc3)cc2C(=O)N([C@H](C)CO)C[C@H]1C. The molecule has 3 amide bonds. The first-order valence-electron chi connectivity index (χ1n) is 15.3. The lowest BCUT2D eigenvalue weighted by molar-refractivity contribution is -0.0122. The highest BCUT2D eigenvalue weighted by molar-refractivity contribution is 7.92. The number of rotatable bonds is 8. The number of benzene rings is 2. The van der Waals surface area contributed by atoms with Crippen molar-refractivity contribution in [1.82, 2.24) is 15.1 Å². The van der Waals surface area contributed by atoms with Crippen LogP contribution in [-0.2, 0) is 14.8 Å². The summed E-state index contributed by atoms with van der Waals surface area (Å²) in [6.45, 7) is 10.2. The molecule has 0 saturated carbocycles. The molecule has 2 aromatic carbocycles. The molecule has 1 aliphatic rings. The van der Waals surface area contributed by atoms with Gasteiger partial charge in [0.15, 0.2) is 0 Å². The van der Waals surface area contributed by atoms with Gasteiger partial charge in [-0.3, -0.25) is 9.52 Å². The van der Waals surface area contributed by atoms with E-state index in [-0.39, 0.29) is 59.5 Å². The zero-order valence-electron chi connectivity index (χ0n) is 26.7. The van der Waals surface area contributed by atoms with Crippen LogP contribution < -0.4 is 14.8 Å². The zero-order chi connectivity index (χ0) is 32.4. The zero-order valence-corrected chi connectivity index (χ0v) is 27.5. The number of ether oxygens (including phenoxy) is 2. The number of urea groups is 1. The number of aliphatic hydroxyl groups is 1. The summed E-state index contributed by atoms with van der Waals surface area (Å²) in [6, 6.07) is 11.9. The number of amides is 3. The molecule has 1 aliphatic heterocycles. The summed E-state index contributed by atoms with van der Waals surface area (Å²) < 4.78 is 41.2. The third-order valence-corrected chi connectivity index (χ3v) is 8.97. The van der Waals surface area contributed by atoms with Gasteiger partial charge in [-0.05, 0) is 77.3 Å². The Hall–Kier alpha value is -3.35. The topological polar surface area (TPSA) is 138 Å². The van der Waals surface area contributed by atoms with Crippen LogP contribution in [0.1, 0.15) is 64.2 Å². The molecule has 11 nitrogen and oxygen atoms in total. The van der Waals surface area contributed by atoms with E-state index in [1.54, 1.807) is 54.1 Å². The molecular weight excluding hydrogens is 584 g/mol. The maximum absolute atomic E-state index is 14.2. The van der Waals surface area contributed by atoms with Gasteiger partial charge >= 0.3 is 6.03 Å². The summed E-state index contributed by atoms with van der Waals surface area (Å²) >= 11 is 0. The summed E-state index contributed by atoms with van der Waals surface area (Å²) in [5, 5.41) is 13.0. The highest BCUT2D eigenvalue weighted by atomic mass is 32.2. The van der Waals surface area contributed by atoms with Gasteiger partial charge in [-0.25, -0.2) is 13.2 Å². The number of likely N-dealkylation sites (N-methyl/N-ethyl adjacent to an activating group) is 1. The Morgan fingerprint density at radius 3 is 2.48 bits per heavy atom. The molecule has 3 rings (SSSR count). The summed E-state index contributed by atoms with van der Waals surface area (Å²) in [4.78, 5) is 30.1. The molecule has 0 unspecified atom stereocenters. The van der Waals surface area contributed by atoms with E-state index in [1.807, 2.05) is 27.7 Å².